The van der Waals surface area contributed by atoms with Crippen LogP contribution in [0, 0.1) is 0 Å². The van der Waals surface area contributed by atoms with Gasteiger partial charge in [0.2, 0.25) is 0 Å². The van der Waals surface area contributed by atoms with Crippen molar-refractivity contribution in [2.45, 2.75) is 30.9 Å². The molecular weight excluding hydrogens is 163 g/mol. The monoisotopic (exact) mass is 178 g/mol. The van der Waals surface area contributed by atoms with E-state index in [0.717, 1.165) is 15.0 Å². The number of hydrogen-bond donors (Lipinski definition) is 0. The van der Waals surface area contributed by atoms with Crippen molar-refractivity contribution in [1.82, 2.24) is 0 Å². The van der Waals surface area contributed by atoms with E-state index in [2.05, 4.69) is 24.9 Å². The van der Waals surface area contributed by atoms with Crippen LogP contribution >= 0.6 is 0 Å². The van der Waals surface area contributed by atoms with Gasteiger partial charge in [0.25, 0.3) is 0 Å². The van der Waals surface area contributed by atoms with Gasteiger partial charge in [0.05, 0.1) is 0 Å². The van der Waals surface area contributed by atoms with Crippen LogP contribution in [0.15, 0.2) is 12.2 Å². The van der Waals surface area contributed by atoms with Gasteiger partial charge in [-0.15, -0.1) is 0 Å². The second kappa shape index (κ2) is 7.26. The summed E-state index contributed by atoms with van der Waals surface area (Å²) in [6, 6.07) is 0. The van der Waals surface area contributed by atoms with Crippen LogP contribution in [-0.2, 0) is 0 Å². The van der Waals surface area contributed by atoms with Crippen LogP contribution in [0.2, 0.25) is 11.1 Å². The third-order valence-electron chi connectivity index (χ3n) is 0.885. The van der Waals surface area contributed by atoms with E-state index < -0.39 is 0 Å². The summed E-state index contributed by atoms with van der Waals surface area (Å²) in [6.45, 7) is 2.21. The normalized spacial score (nSPS) is 10.8. The second-order valence-corrected chi connectivity index (χ2v) is 3.63. The number of unbranched alkanes of at least 4 members (excludes halogenated alkanes) is 1. The third-order valence-corrected chi connectivity index (χ3v) is 1.99. The Hall–Kier alpha value is 0.259. The summed E-state index contributed by atoms with van der Waals surface area (Å²) in [5, 5.41) is 1.31. The fourth-order valence-electron chi connectivity index (χ4n) is 0.449. The predicted octanol–water partition coefficient (Wildman–Crippen LogP) is 2.51. The van der Waals surface area contributed by atoms with Crippen molar-refractivity contribution >= 4 is 15.0 Å². The van der Waals surface area contributed by atoms with Crippen molar-refractivity contribution < 1.29 is 0 Å². The molecule has 0 unspecified atom stereocenters. The third kappa shape index (κ3) is 6.26. The van der Waals surface area contributed by atoms with Crippen LogP contribution in [0.25, 0.3) is 0 Å². The van der Waals surface area contributed by atoms with E-state index >= 15 is 0 Å². The SMILES string of the molecule is CCC/C=C/C[Se]C. The van der Waals surface area contributed by atoms with Gasteiger partial charge in [0, 0.05) is 0 Å². The summed E-state index contributed by atoms with van der Waals surface area (Å²) in [7, 11) is 0. The number of hydrogen-bond acceptors (Lipinski definition) is 0. The molecule has 1 heteroatoms. The summed E-state index contributed by atoms with van der Waals surface area (Å²) in [6.07, 6.45) is 7.12. The van der Waals surface area contributed by atoms with Crippen LogP contribution < -0.4 is 0 Å². The van der Waals surface area contributed by atoms with Crippen molar-refractivity contribution in [2.24, 2.45) is 0 Å². The Bertz CT molecular complexity index is 49.4. The maximum atomic E-state index is 2.30. The zero-order valence-corrected chi connectivity index (χ0v) is 7.40. The van der Waals surface area contributed by atoms with Gasteiger partial charge in [-0.2, -0.15) is 0 Å². The molecule has 0 aromatic rings. The van der Waals surface area contributed by atoms with Gasteiger partial charge >= 0.3 is 58.0 Å². The molecule has 0 amide bonds. The summed E-state index contributed by atoms with van der Waals surface area (Å²) in [4.78, 5) is 0. The van der Waals surface area contributed by atoms with Crippen LogP contribution in [0.5, 0.6) is 0 Å². The number of rotatable bonds is 4. The van der Waals surface area contributed by atoms with Crippen molar-refractivity contribution in [3.05, 3.63) is 12.2 Å². The Balaban J connectivity index is 2.83. The van der Waals surface area contributed by atoms with E-state index in [4.69, 9.17) is 0 Å². The molecule has 0 nitrogen and oxygen atoms in total. The molecule has 0 radical (unpaired) electrons. The summed E-state index contributed by atoms with van der Waals surface area (Å²) >= 11 is 0.838. The molecular formula is C7H14Se. The molecule has 0 heterocycles. The van der Waals surface area contributed by atoms with Gasteiger partial charge in [-0.25, -0.2) is 0 Å². The van der Waals surface area contributed by atoms with Gasteiger partial charge in [-0.1, -0.05) is 0 Å². The first-order valence-electron chi connectivity index (χ1n) is 3.05. The molecule has 0 bridgehead atoms. The molecule has 0 rings (SSSR count). The average molecular weight is 177 g/mol. The maximum absolute atomic E-state index is 2.30. The Kier molecular flexibility index (Phi) is 7.49. The summed E-state index contributed by atoms with van der Waals surface area (Å²) < 4.78 is 0. The molecule has 0 saturated carbocycles. The van der Waals surface area contributed by atoms with E-state index in [1.54, 1.807) is 0 Å². The van der Waals surface area contributed by atoms with Crippen LogP contribution in [0.4, 0.5) is 0 Å². The van der Waals surface area contributed by atoms with Crippen LogP contribution in [0.1, 0.15) is 19.8 Å². The van der Waals surface area contributed by atoms with E-state index in [-0.39, 0.29) is 0 Å². The molecule has 0 N–H and O–H groups in total. The molecule has 0 spiro atoms. The van der Waals surface area contributed by atoms with Crippen LogP contribution in [0.3, 0.4) is 0 Å². The molecule has 48 valence electrons. The Morgan fingerprint density at radius 2 is 2.12 bits per heavy atom. The van der Waals surface area contributed by atoms with Crippen molar-refractivity contribution in [3.63, 3.8) is 0 Å². The molecule has 0 aliphatic carbocycles. The molecule has 0 fully saturated rings. The molecule has 0 saturated heterocycles. The average Bonchev–Trinajstić information content (AvgIpc) is 1.81. The van der Waals surface area contributed by atoms with E-state index in [9.17, 15) is 0 Å². The molecule has 0 aliphatic heterocycles. The first-order chi connectivity index (χ1) is 3.91. The van der Waals surface area contributed by atoms with E-state index in [1.165, 1.54) is 18.2 Å². The van der Waals surface area contributed by atoms with Gasteiger partial charge in [0.1, 0.15) is 0 Å². The van der Waals surface area contributed by atoms with Crippen molar-refractivity contribution in [2.75, 3.05) is 0 Å². The van der Waals surface area contributed by atoms with Crippen LogP contribution in [-0.4, -0.2) is 15.0 Å². The second-order valence-electron chi connectivity index (χ2n) is 1.72. The van der Waals surface area contributed by atoms with Crippen molar-refractivity contribution in [1.29, 1.82) is 0 Å². The first kappa shape index (κ1) is 8.26. The molecule has 8 heavy (non-hydrogen) atoms. The van der Waals surface area contributed by atoms with Crippen molar-refractivity contribution in [3.8, 4) is 0 Å². The van der Waals surface area contributed by atoms with E-state index in [1.807, 2.05) is 0 Å². The standard InChI is InChI=1S/C7H14Se/c1-3-4-5-6-7-8-2/h5-6H,3-4,7H2,1-2H3/b6-5+. The topological polar surface area (TPSA) is 0 Å². The first-order valence-corrected chi connectivity index (χ1v) is 5.98. The summed E-state index contributed by atoms with van der Waals surface area (Å²) in [5.74, 6) is 2.27. The molecule has 0 aliphatic rings. The molecule has 0 aromatic heterocycles. The van der Waals surface area contributed by atoms with Gasteiger partial charge in [-0.3, -0.25) is 0 Å². The Labute approximate surface area is 58.5 Å². The van der Waals surface area contributed by atoms with Gasteiger partial charge in [0.15, 0.2) is 0 Å². The Morgan fingerprint density at radius 3 is 2.62 bits per heavy atom. The number of allylic oxidation sites excluding steroid dienone is 2. The predicted molar refractivity (Wildman–Crippen MR) is 40.5 cm³/mol. The zero-order valence-electron chi connectivity index (χ0n) is 5.68. The zero-order chi connectivity index (χ0) is 6.24. The molecule has 0 aromatic carbocycles. The Morgan fingerprint density at radius 1 is 1.38 bits per heavy atom. The minimum absolute atomic E-state index is 0.838. The fraction of sp³-hybridized carbons (Fsp3) is 0.714. The minimum atomic E-state index is 0.838. The quantitative estimate of drug-likeness (QED) is 0.457. The molecule has 0 atom stereocenters. The van der Waals surface area contributed by atoms with Gasteiger partial charge < -0.3 is 0 Å². The fourth-order valence-corrected chi connectivity index (χ4v) is 1.14. The van der Waals surface area contributed by atoms with Gasteiger partial charge in [-0.05, 0) is 0 Å². The van der Waals surface area contributed by atoms with E-state index in [0.29, 0.717) is 0 Å². The summed E-state index contributed by atoms with van der Waals surface area (Å²) in [5.41, 5.74) is 0.